The number of aromatic amines is 1. The average Bonchev–Trinajstić information content (AvgIpc) is 3.26. The lowest BCUT2D eigenvalue weighted by atomic mass is 10.2. The molecule has 0 amide bonds. The number of aliphatic hydroxyl groups is 1. The fourth-order valence-corrected chi connectivity index (χ4v) is 5.51. The molecule has 182 valence electrons. The highest BCUT2D eigenvalue weighted by molar-refractivity contribution is 7.89. The Morgan fingerprint density at radius 2 is 1.94 bits per heavy atom. The number of morpholine rings is 1. The number of esters is 1. The van der Waals surface area contributed by atoms with Gasteiger partial charge in [0.2, 0.25) is 10.0 Å². The van der Waals surface area contributed by atoms with Crippen LogP contribution in [0.4, 0.5) is 0 Å². The summed E-state index contributed by atoms with van der Waals surface area (Å²) in [6, 6.07) is 14.5. The SMILES string of the molecule is C[C@@H]1CN(S(=O)(=O)c2cccc(C(=O)OCC(O)=C(C#N)c3nc4ccccc4[nH]3)c2)C[C@H](C)O1. The van der Waals surface area contributed by atoms with Crippen LogP contribution in [0.2, 0.25) is 0 Å². The molecule has 0 bridgehead atoms. The number of para-hydroxylation sites is 2. The molecular formula is C24H24N4O6S. The number of hydrogen-bond acceptors (Lipinski definition) is 8. The van der Waals surface area contributed by atoms with Crippen molar-refractivity contribution in [3.05, 3.63) is 65.7 Å². The summed E-state index contributed by atoms with van der Waals surface area (Å²) in [5.41, 5.74) is 1.13. The molecule has 1 saturated heterocycles. The third-order valence-corrected chi connectivity index (χ3v) is 7.29. The number of ether oxygens (including phenoxy) is 2. The van der Waals surface area contributed by atoms with Crippen molar-refractivity contribution in [2.75, 3.05) is 19.7 Å². The predicted molar refractivity (Wildman–Crippen MR) is 127 cm³/mol. The van der Waals surface area contributed by atoms with Crippen molar-refractivity contribution in [2.24, 2.45) is 0 Å². The highest BCUT2D eigenvalue weighted by atomic mass is 32.2. The molecule has 4 rings (SSSR count). The van der Waals surface area contributed by atoms with Crippen LogP contribution >= 0.6 is 0 Å². The third kappa shape index (κ3) is 5.19. The Balaban J connectivity index is 1.50. The molecular weight excluding hydrogens is 472 g/mol. The summed E-state index contributed by atoms with van der Waals surface area (Å²) < 4.78 is 38.3. The van der Waals surface area contributed by atoms with Crippen LogP contribution in [0, 0.1) is 11.3 Å². The zero-order valence-electron chi connectivity index (χ0n) is 19.1. The average molecular weight is 497 g/mol. The van der Waals surface area contributed by atoms with E-state index in [2.05, 4.69) is 9.97 Å². The maximum absolute atomic E-state index is 13.1. The van der Waals surface area contributed by atoms with Gasteiger partial charge in [-0.2, -0.15) is 9.57 Å². The lowest BCUT2D eigenvalue weighted by molar-refractivity contribution is -0.0440. The highest BCUT2D eigenvalue weighted by Gasteiger charge is 2.32. The minimum absolute atomic E-state index is 0.00419. The van der Waals surface area contributed by atoms with Gasteiger partial charge in [0.25, 0.3) is 0 Å². The van der Waals surface area contributed by atoms with Crippen LogP contribution in [-0.2, 0) is 19.5 Å². The van der Waals surface area contributed by atoms with E-state index in [1.165, 1.54) is 28.6 Å². The molecule has 2 aromatic carbocycles. The molecule has 1 fully saturated rings. The Morgan fingerprint density at radius 3 is 2.63 bits per heavy atom. The number of fused-ring (bicyclic) bond motifs is 1. The topological polar surface area (TPSA) is 146 Å². The number of allylic oxidation sites excluding steroid dienone is 1. The predicted octanol–water partition coefficient (Wildman–Crippen LogP) is 3.01. The van der Waals surface area contributed by atoms with Crippen molar-refractivity contribution in [1.82, 2.24) is 14.3 Å². The second-order valence-corrected chi connectivity index (χ2v) is 10.2. The van der Waals surface area contributed by atoms with Gasteiger partial charge in [0.15, 0.2) is 11.6 Å². The number of nitriles is 1. The van der Waals surface area contributed by atoms with E-state index in [0.717, 1.165) is 0 Å². The first-order valence-corrected chi connectivity index (χ1v) is 12.3. The number of aliphatic hydroxyl groups excluding tert-OH is 1. The maximum Gasteiger partial charge on any atom is 0.338 e. The van der Waals surface area contributed by atoms with E-state index in [4.69, 9.17) is 9.47 Å². The van der Waals surface area contributed by atoms with Gasteiger partial charge in [-0.25, -0.2) is 18.2 Å². The molecule has 1 aliphatic heterocycles. The third-order valence-electron chi connectivity index (χ3n) is 5.46. The number of rotatable bonds is 6. The molecule has 11 heteroatoms. The van der Waals surface area contributed by atoms with Gasteiger partial charge in [0.1, 0.15) is 18.2 Å². The lowest BCUT2D eigenvalue weighted by Gasteiger charge is -2.34. The number of sulfonamides is 1. The number of carbonyl (C=O) groups excluding carboxylic acids is 1. The summed E-state index contributed by atoms with van der Waals surface area (Å²) in [4.78, 5) is 19.8. The summed E-state index contributed by atoms with van der Waals surface area (Å²) in [6.45, 7) is 3.42. The largest absolute Gasteiger partial charge is 0.507 e. The summed E-state index contributed by atoms with van der Waals surface area (Å²) in [5, 5.41) is 19.9. The number of imidazole rings is 1. The van der Waals surface area contributed by atoms with Gasteiger partial charge >= 0.3 is 5.97 Å². The lowest BCUT2D eigenvalue weighted by Crippen LogP contribution is -2.48. The minimum Gasteiger partial charge on any atom is -0.507 e. The van der Waals surface area contributed by atoms with Crippen LogP contribution in [0.15, 0.2) is 59.2 Å². The van der Waals surface area contributed by atoms with Gasteiger partial charge in [-0.3, -0.25) is 0 Å². The van der Waals surface area contributed by atoms with Gasteiger partial charge in [-0.1, -0.05) is 18.2 Å². The molecule has 0 saturated carbocycles. The van der Waals surface area contributed by atoms with E-state index < -0.39 is 28.4 Å². The van der Waals surface area contributed by atoms with Crippen molar-refractivity contribution >= 4 is 32.6 Å². The Kier molecular flexibility index (Phi) is 6.88. The van der Waals surface area contributed by atoms with Gasteiger partial charge in [0.05, 0.1) is 33.7 Å². The van der Waals surface area contributed by atoms with E-state index in [1.54, 1.807) is 38.1 Å². The molecule has 0 unspecified atom stereocenters. The second-order valence-electron chi connectivity index (χ2n) is 8.22. The summed E-state index contributed by atoms with van der Waals surface area (Å²) in [6.07, 6.45) is -0.505. The van der Waals surface area contributed by atoms with Gasteiger partial charge in [-0.15, -0.1) is 0 Å². The Hall–Kier alpha value is -3.72. The monoisotopic (exact) mass is 496 g/mol. The number of aromatic nitrogens is 2. The van der Waals surface area contributed by atoms with Crippen LogP contribution in [0.5, 0.6) is 0 Å². The van der Waals surface area contributed by atoms with Gasteiger partial charge < -0.3 is 19.6 Å². The van der Waals surface area contributed by atoms with E-state index in [9.17, 15) is 23.6 Å². The Bertz CT molecular complexity index is 1400. The van der Waals surface area contributed by atoms with Crippen LogP contribution < -0.4 is 0 Å². The first kappa shape index (κ1) is 24.4. The minimum atomic E-state index is -3.85. The molecule has 10 nitrogen and oxygen atoms in total. The smallest absolute Gasteiger partial charge is 0.338 e. The molecule has 1 aromatic heterocycles. The molecule has 2 heterocycles. The number of carbonyl (C=O) groups is 1. The number of hydrogen-bond donors (Lipinski definition) is 2. The highest BCUT2D eigenvalue weighted by Crippen LogP contribution is 2.23. The number of benzene rings is 2. The second kappa shape index (κ2) is 9.87. The maximum atomic E-state index is 13.1. The van der Waals surface area contributed by atoms with Crippen LogP contribution in [0.1, 0.15) is 30.0 Å². The standard InChI is InChI=1S/C24H24N4O6S/c1-15-12-28(13-16(2)34-15)35(31,32)18-7-5-6-17(10-18)24(30)33-14-22(29)19(11-25)23-26-20-8-3-4-9-21(20)27-23/h3-10,15-16,29H,12-14H2,1-2H3,(H,26,27)/t15-,16+. The molecule has 1 aliphatic rings. The van der Waals surface area contributed by atoms with Crippen molar-refractivity contribution in [3.8, 4) is 6.07 Å². The van der Waals surface area contributed by atoms with Gasteiger partial charge in [-0.05, 0) is 44.2 Å². The van der Waals surface area contributed by atoms with Crippen LogP contribution in [0.3, 0.4) is 0 Å². The summed E-state index contributed by atoms with van der Waals surface area (Å²) in [7, 11) is -3.85. The molecule has 2 atom stereocenters. The van der Waals surface area contributed by atoms with Crippen molar-refractivity contribution in [2.45, 2.75) is 31.0 Å². The molecule has 3 aromatic rings. The zero-order valence-corrected chi connectivity index (χ0v) is 19.9. The number of nitrogens with one attached hydrogen (secondary N) is 1. The van der Waals surface area contributed by atoms with Crippen LogP contribution in [-0.4, -0.2) is 65.7 Å². The van der Waals surface area contributed by atoms with Crippen molar-refractivity contribution < 1.29 is 27.8 Å². The normalized spacial score (nSPS) is 19.7. The number of H-pyrrole nitrogens is 1. The molecule has 0 radical (unpaired) electrons. The summed E-state index contributed by atoms with van der Waals surface area (Å²) >= 11 is 0. The molecule has 35 heavy (non-hydrogen) atoms. The van der Waals surface area contributed by atoms with E-state index in [0.29, 0.717) is 11.0 Å². The van der Waals surface area contributed by atoms with E-state index >= 15 is 0 Å². The molecule has 0 spiro atoms. The fraction of sp³-hybridized carbons (Fsp3) is 0.292. The molecule has 2 N–H and O–H groups in total. The van der Waals surface area contributed by atoms with Crippen molar-refractivity contribution in [1.29, 1.82) is 5.26 Å². The first-order chi connectivity index (χ1) is 16.7. The zero-order chi connectivity index (χ0) is 25.2. The molecule has 0 aliphatic carbocycles. The first-order valence-electron chi connectivity index (χ1n) is 10.9. The number of nitrogens with zero attached hydrogens (tertiary/aromatic N) is 3. The van der Waals surface area contributed by atoms with Gasteiger partial charge in [0, 0.05) is 13.1 Å². The Labute approximate surface area is 202 Å². The fourth-order valence-electron chi connectivity index (χ4n) is 3.87. The van der Waals surface area contributed by atoms with E-state index in [-0.39, 0.29) is 47.2 Å². The summed E-state index contributed by atoms with van der Waals surface area (Å²) in [5.74, 6) is -1.19. The Morgan fingerprint density at radius 1 is 1.23 bits per heavy atom. The van der Waals surface area contributed by atoms with Crippen LogP contribution in [0.25, 0.3) is 16.6 Å². The quantitative estimate of drug-likeness (QED) is 0.301. The van der Waals surface area contributed by atoms with Crippen molar-refractivity contribution in [3.63, 3.8) is 0 Å². The van der Waals surface area contributed by atoms with E-state index in [1.807, 2.05) is 6.07 Å².